The molecule has 1 amide bonds. The molecular weight excluding hydrogens is 318 g/mol. The third-order valence-electron chi connectivity index (χ3n) is 4.43. The van der Waals surface area contributed by atoms with Gasteiger partial charge in [-0.05, 0) is 25.0 Å². The van der Waals surface area contributed by atoms with Gasteiger partial charge in [0.15, 0.2) is 0 Å². The molecule has 0 heterocycles. The molecular formula is C19H23N3O3. The van der Waals surface area contributed by atoms with Crippen LogP contribution in [0.15, 0.2) is 48.5 Å². The molecule has 132 valence electrons. The van der Waals surface area contributed by atoms with Gasteiger partial charge >= 0.3 is 0 Å². The molecule has 0 spiro atoms. The van der Waals surface area contributed by atoms with Crippen LogP contribution in [0.3, 0.4) is 0 Å². The second-order valence-corrected chi connectivity index (χ2v) is 6.26. The molecule has 0 bridgehead atoms. The summed E-state index contributed by atoms with van der Waals surface area (Å²) >= 11 is 0. The van der Waals surface area contributed by atoms with Crippen LogP contribution in [0.5, 0.6) is 0 Å². The first-order valence-electron chi connectivity index (χ1n) is 8.17. The molecule has 3 unspecified atom stereocenters. The van der Waals surface area contributed by atoms with Crippen molar-refractivity contribution >= 4 is 11.6 Å². The fraction of sp³-hybridized carbons (Fsp3) is 0.316. The lowest BCUT2D eigenvalue weighted by Crippen LogP contribution is -2.36. The maximum absolute atomic E-state index is 12.5. The van der Waals surface area contributed by atoms with E-state index in [-0.39, 0.29) is 17.6 Å². The number of carbonyl (C=O) groups is 1. The summed E-state index contributed by atoms with van der Waals surface area (Å²) in [4.78, 5) is 23.2. The first kappa shape index (κ1) is 18.6. The number of nitrogens with one attached hydrogen (secondary N) is 1. The number of amides is 1. The van der Waals surface area contributed by atoms with Crippen LogP contribution in [-0.4, -0.2) is 10.8 Å². The van der Waals surface area contributed by atoms with Gasteiger partial charge in [0.25, 0.3) is 5.69 Å². The van der Waals surface area contributed by atoms with Crippen LogP contribution in [-0.2, 0) is 4.79 Å². The van der Waals surface area contributed by atoms with Crippen molar-refractivity contribution < 1.29 is 9.72 Å². The topological polar surface area (TPSA) is 98.3 Å². The summed E-state index contributed by atoms with van der Waals surface area (Å²) in [5, 5.41) is 14.0. The Morgan fingerprint density at radius 2 is 1.76 bits per heavy atom. The van der Waals surface area contributed by atoms with Crippen molar-refractivity contribution in [3.63, 3.8) is 0 Å². The summed E-state index contributed by atoms with van der Waals surface area (Å²) in [6, 6.07) is 13.7. The van der Waals surface area contributed by atoms with E-state index in [0.29, 0.717) is 11.1 Å². The molecule has 25 heavy (non-hydrogen) atoms. The van der Waals surface area contributed by atoms with Crippen LogP contribution in [0.4, 0.5) is 5.69 Å². The number of rotatable bonds is 6. The molecule has 6 nitrogen and oxygen atoms in total. The number of nitrogens with zero attached hydrogens (tertiary/aromatic N) is 1. The van der Waals surface area contributed by atoms with Crippen LogP contribution in [0.2, 0.25) is 0 Å². The molecule has 3 atom stereocenters. The molecule has 0 saturated carbocycles. The van der Waals surface area contributed by atoms with Crippen molar-refractivity contribution in [2.75, 3.05) is 0 Å². The maximum Gasteiger partial charge on any atom is 0.272 e. The first-order valence-corrected chi connectivity index (χ1v) is 8.17. The second kappa shape index (κ2) is 7.90. The Morgan fingerprint density at radius 1 is 1.12 bits per heavy atom. The van der Waals surface area contributed by atoms with E-state index in [0.717, 1.165) is 5.56 Å². The highest BCUT2D eigenvalue weighted by atomic mass is 16.6. The predicted molar refractivity (Wildman–Crippen MR) is 96.9 cm³/mol. The Balaban J connectivity index is 2.09. The lowest BCUT2D eigenvalue weighted by atomic mass is 9.94. The van der Waals surface area contributed by atoms with Gasteiger partial charge in [-0.1, -0.05) is 49.4 Å². The Bertz CT molecular complexity index is 762. The highest BCUT2D eigenvalue weighted by Crippen LogP contribution is 2.24. The molecule has 2 aromatic carbocycles. The normalized spacial score (nSPS) is 14.4. The molecule has 0 aliphatic carbocycles. The minimum absolute atomic E-state index is 0.0487. The van der Waals surface area contributed by atoms with Gasteiger partial charge in [0.1, 0.15) is 0 Å². The van der Waals surface area contributed by atoms with Crippen LogP contribution < -0.4 is 11.1 Å². The summed E-state index contributed by atoms with van der Waals surface area (Å²) in [5.41, 5.74) is 8.40. The van der Waals surface area contributed by atoms with Crippen molar-refractivity contribution in [3.8, 4) is 0 Å². The van der Waals surface area contributed by atoms with E-state index >= 15 is 0 Å². The number of benzene rings is 2. The largest absolute Gasteiger partial charge is 0.349 e. The van der Waals surface area contributed by atoms with E-state index in [1.54, 1.807) is 32.9 Å². The Morgan fingerprint density at radius 3 is 2.36 bits per heavy atom. The van der Waals surface area contributed by atoms with Crippen molar-refractivity contribution in [2.45, 2.75) is 32.9 Å². The van der Waals surface area contributed by atoms with Gasteiger partial charge in [0, 0.05) is 17.7 Å². The summed E-state index contributed by atoms with van der Waals surface area (Å²) < 4.78 is 0. The SMILES string of the molecule is Cc1ccc(C(C)NC(=O)C(C)C(N)c2ccccc2)cc1[N+](=O)[O-]. The van der Waals surface area contributed by atoms with Gasteiger partial charge in [-0.3, -0.25) is 14.9 Å². The van der Waals surface area contributed by atoms with Crippen molar-refractivity contribution in [1.82, 2.24) is 5.32 Å². The van der Waals surface area contributed by atoms with E-state index in [1.807, 2.05) is 30.3 Å². The maximum atomic E-state index is 12.5. The van der Waals surface area contributed by atoms with E-state index in [2.05, 4.69) is 5.32 Å². The molecule has 0 aliphatic rings. The summed E-state index contributed by atoms with van der Waals surface area (Å²) in [6.45, 7) is 5.26. The number of hydrogen-bond donors (Lipinski definition) is 2. The lowest BCUT2D eigenvalue weighted by molar-refractivity contribution is -0.385. The molecule has 3 N–H and O–H groups in total. The monoisotopic (exact) mass is 341 g/mol. The molecule has 0 aromatic heterocycles. The third-order valence-corrected chi connectivity index (χ3v) is 4.43. The summed E-state index contributed by atoms with van der Waals surface area (Å²) in [6.07, 6.45) is 0. The van der Waals surface area contributed by atoms with Crippen molar-refractivity contribution in [3.05, 3.63) is 75.3 Å². The molecule has 0 fully saturated rings. The number of hydrogen-bond acceptors (Lipinski definition) is 4. The van der Waals surface area contributed by atoms with Gasteiger partial charge in [-0.25, -0.2) is 0 Å². The lowest BCUT2D eigenvalue weighted by Gasteiger charge is -2.22. The third kappa shape index (κ3) is 4.42. The molecule has 0 saturated heterocycles. The Labute approximate surface area is 147 Å². The number of aryl methyl sites for hydroxylation is 1. The first-order chi connectivity index (χ1) is 11.8. The fourth-order valence-corrected chi connectivity index (χ4v) is 2.65. The zero-order chi connectivity index (χ0) is 18.6. The van der Waals surface area contributed by atoms with Gasteiger partial charge in [0.2, 0.25) is 5.91 Å². The quantitative estimate of drug-likeness (QED) is 0.621. The Hall–Kier alpha value is -2.73. The summed E-state index contributed by atoms with van der Waals surface area (Å²) in [7, 11) is 0. The molecule has 6 heteroatoms. The van der Waals surface area contributed by atoms with Crippen molar-refractivity contribution in [1.29, 1.82) is 0 Å². The zero-order valence-corrected chi connectivity index (χ0v) is 14.6. The molecule has 2 rings (SSSR count). The van der Waals surface area contributed by atoms with Crippen LogP contribution in [0, 0.1) is 23.0 Å². The number of nitro benzene ring substituents is 1. The molecule has 0 radical (unpaired) electrons. The Kier molecular flexibility index (Phi) is 5.88. The smallest absolute Gasteiger partial charge is 0.272 e. The minimum Gasteiger partial charge on any atom is -0.349 e. The van der Waals surface area contributed by atoms with E-state index in [4.69, 9.17) is 5.73 Å². The van der Waals surface area contributed by atoms with Gasteiger partial charge in [-0.15, -0.1) is 0 Å². The van der Waals surface area contributed by atoms with E-state index in [1.165, 1.54) is 6.07 Å². The summed E-state index contributed by atoms with van der Waals surface area (Å²) in [5.74, 6) is -0.614. The number of nitrogens with two attached hydrogens (primary N) is 1. The van der Waals surface area contributed by atoms with Crippen LogP contribution in [0.25, 0.3) is 0 Å². The molecule has 0 aliphatic heterocycles. The average Bonchev–Trinajstić information content (AvgIpc) is 2.61. The van der Waals surface area contributed by atoms with E-state index < -0.39 is 16.9 Å². The van der Waals surface area contributed by atoms with Crippen LogP contribution in [0.1, 0.15) is 42.6 Å². The predicted octanol–water partition coefficient (Wildman–Crippen LogP) is 3.42. The minimum atomic E-state index is -0.426. The van der Waals surface area contributed by atoms with E-state index in [9.17, 15) is 14.9 Å². The van der Waals surface area contributed by atoms with Crippen molar-refractivity contribution in [2.24, 2.45) is 11.7 Å². The second-order valence-electron chi connectivity index (χ2n) is 6.26. The standard InChI is InChI=1S/C19H23N3O3/c1-12-9-10-16(11-17(12)22(24)25)14(3)21-19(23)13(2)18(20)15-7-5-4-6-8-15/h4-11,13-14,18H,20H2,1-3H3,(H,21,23). The van der Waals surface area contributed by atoms with Gasteiger partial charge in [0.05, 0.1) is 16.9 Å². The number of nitro groups is 1. The fourth-order valence-electron chi connectivity index (χ4n) is 2.65. The average molecular weight is 341 g/mol. The zero-order valence-electron chi connectivity index (χ0n) is 14.6. The van der Waals surface area contributed by atoms with Crippen LogP contribution >= 0.6 is 0 Å². The number of carbonyl (C=O) groups excluding carboxylic acids is 1. The highest BCUT2D eigenvalue weighted by Gasteiger charge is 2.24. The highest BCUT2D eigenvalue weighted by molar-refractivity contribution is 5.79. The van der Waals surface area contributed by atoms with Gasteiger partial charge < -0.3 is 11.1 Å². The van der Waals surface area contributed by atoms with Gasteiger partial charge in [-0.2, -0.15) is 0 Å². The molecule has 2 aromatic rings.